The van der Waals surface area contributed by atoms with E-state index in [1.165, 1.54) is 22.3 Å². The summed E-state index contributed by atoms with van der Waals surface area (Å²) in [4.78, 5) is 0. The van der Waals surface area contributed by atoms with E-state index in [0.717, 1.165) is 19.3 Å². The molecule has 0 aliphatic rings. The van der Waals surface area contributed by atoms with Crippen molar-refractivity contribution in [1.29, 1.82) is 0 Å². The van der Waals surface area contributed by atoms with Gasteiger partial charge in [0.2, 0.25) is 0 Å². The molecule has 0 amide bonds. The van der Waals surface area contributed by atoms with Gasteiger partial charge in [-0.15, -0.1) is 6.58 Å². The Morgan fingerprint density at radius 2 is 1.45 bits per heavy atom. The van der Waals surface area contributed by atoms with Crippen LogP contribution in [-0.2, 0) is 12.8 Å². The van der Waals surface area contributed by atoms with Gasteiger partial charge in [-0.2, -0.15) is 0 Å². The molecule has 0 aromatic heterocycles. The first kappa shape index (κ1) is 14.5. The summed E-state index contributed by atoms with van der Waals surface area (Å²) < 4.78 is 0. The fourth-order valence-electron chi connectivity index (χ4n) is 2.24. The highest BCUT2D eigenvalue weighted by atomic mass is 16.3. The zero-order valence-corrected chi connectivity index (χ0v) is 12.0. The second-order valence-corrected chi connectivity index (χ2v) is 5.27. The Bertz CT molecular complexity index is 535. The van der Waals surface area contributed by atoms with Crippen molar-refractivity contribution in [2.75, 3.05) is 0 Å². The van der Waals surface area contributed by atoms with Crippen molar-refractivity contribution in [1.82, 2.24) is 0 Å². The lowest BCUT2D eigenvalue weighted by Gasteiger charge is -2.07. The molecule has 2 rings (SSSR count). The van der Waals surface area contributed by atoms with Gasteiger partial charge in [0.05, 0.1) is 6.10 Å². The molecule has 1 N–H and O–H groups in total. The summed E-state index contributed by atoms with van der Waals surface area (Å²) in [5, 5.41) is 9.31. The number of aryl methyl sites for hydroxylation is 1. The minimum Gasteiger partial charge on any atom is -0.393 e. The zero-order valence-electron chi connectivity index (χ0n) is 12.0. The number of benzene rings is 2. The van der Waals surface area contributed by atoms with Crippen LogP contribution in [0.1, 0.15) is 24.5 Å². The molecule has 1 unspecified atom stereocenters. The second-order valence-electron chi connectivity index (χ2n) is 5.27. The quantitative estimate of drug-likeness (QED) is 0.769. The number of hydrogen-bond donors (Lipinski definition) is 1. The minimum absolute atomic E-state index is 0.230. The summed E-state index contributed by atoms with van der Waals surface area (Å²) in [6.45, 7) is 5.59. The Labute approximate surface area is 121 Å². The van der Waals surface area contributed by atoms with Crippen molar-refractivity contribution in [3.8, 4) is 11.1 Å². The molecule has 1 atom stereocenters. The zero-order chi connectivity index (χ0) is 14.4. The molecule has 1 heteroatoms. The molecular weight excluding hydrogens is 244 g/mol. The van der Waals surface area contributed by atoms with E-state index in [2.05, 4.69) is 55.1 Å². The smallest absolute Gasteiger partial charge is 0.0515 e. The van der Waals surface area contributed by atoms with E-state index >= 15 is 0 Å². The third-order valence-corrected chi connectivity index (χ3v) is 3.47. The SMILES string of the molecule is C=CCc1ccc(-c2ccc(CCC(C)O)cc2)cc1. The molecule has 0 saturated carbocycles. The van der Waals surface area contributed by atoms with E-state index in [-0.39, 0.29) is 6.10 Å². The second kappa shape index (κ2) is 7.06. The van der Waals surface area contributed by atoms with Gasteiger partial charge in [0, 0.05) is 0 Å². The Kier molecular flexibility index (Phi) is 5.14. The summed E-state index contributed by atoms with van der Waals surface area (Å²) in [5.41, 5.74) is 5.03. The van der Waals surface area contributed by atoms with Gasteiger partial charge in [-0.1, -0.05) is 54.6 Å². The van der Waals surface area contributed by atoms with Crippen molar-refractivity contribution in [3.63, 3.8) is 0 Å². The van der Waals surface area contributed by atoms with E-state index in [9.17, 15) is 5.11 Å². The number of allylic oxidation sites excluding steroid dienone is 1. The van der Waals surface area contributed by atoms with Gasteiger partial charge in [-0.05, 0) is 48.4 Å². The average molecular weight is 266 g/mol. The van der Waals surface area contributed by atoms with Crippen LogP contribution < -0.4 is 0 Å². The molecule has 0 fully saturated rings. The third kappa shape index (κ3) is 4.07. The molecule has 0 heterocycles. The lowest BCUT2D eigenvalue weighted by Crippen LogP contribution is -2.01. The van der Waals surface area contributed by atoms with E-state index in [4.69, 9.17) is 0 Å². The molecule has 0 spiro atoms. The molecule has 1 nitrogen and oxygen atoms in total. The first-order chi connectivity index (χ1) is 9.69. The fourth-order valence-corrected chi connectivity index (χ4v) is 2.24. The highest BCUT2D eigenvalue weighted by Gasteiger charge is 2.00. The van der Waals surface area contributed by atoms with Crippen LogP contribution in [0, 0.1) is 0 Å². The average Bonchev–Trinajstić information content (AvgIpc) is 2.47. The van der Waals surface area contributed by atoms with Crippen molar-refractivity contribution in [2.45, 2.75) is 32.3 Å². The monoisotopic (exact) mass is 266 g/mol. The summed E-state index contributed by atoms with van der Waals surface area (Å²) in [6, 6.07) is 17.2. The highest BCUT2D eigenvalue weighted by Crippen LogP contribution is 2.21. The first-order valence-corrected chi connectivity index (χ1v) is 7.16. The lowest BCUT2D eigenvalue weighted by atomic mass is 10.00. The van der Waals surface area contributed by atoms with Gasteiger partial charge in [0.25, 0.3) is 0 Å². The molecule has 2 aromatic rings. The topological polar surface area (TPSA) is 20.2 Å². The predicted octanol–water partition coefficient (Wildman–Crippen LogP) is 4.40. The molecule has 0 bridgehead atoms. The summed E-state index contributed by atoms with van der Waals surface area (Å²) in [5.74, 6) is 0. The number of hydrogen-bond acceptors (Lipinski definition) is 1. The molecule has 0 radical (unpaired) electrons. The molecule has 104 valence electrons. The standard InChI is InChI=1S/C19H22O/c1-3-4-16-7-11-18(12-8-16)19-13-9-17(10-14-19)6-5-15(2)20/h3,7-15,20H,1,4-6H2,2H3. The molecular formula is C19H22O. The third-order valence-electron chi connectivity index (χ3n) is 3.47. The molecule has 2 aromatic carbocycles. The van der Waals surface area contributed by atoms with Gasteiger partial charge in [0.15, 0.2) is 0 Å². The number of rotatable bonds is 6. The van der Waals surface area contributed by atoms with Crippen LogP contribution in [0.4, 0.5) is 0 Å². The van der Waals surface area contributed by atoms with Crippen molar-refractivity contribution >= 4 is 0 Å². The maximum atomic E-state index is 9.31. The van der Waals surface area contributed by atoms with Crippen LogP contribution in [-0.4, -0.2) is 11.2 Å². The Morgan fingerprint density at radius 1 is 0.950 bits per heavy atom. The van der Waals surface area contributed by atoms with Crippen LogP contribution in [0.2, 0.25) is 0 Å². The number of aliphatic hydroxyl groups is 1. The highest BCUT2D eigenvalue weighted by molar-refractivity contribution is 5.64. The number of aliphatic hydroxyl groups excluding tert-OH is 1. The van der Waals surface area contributed by atoms with Crippen LogP contribution >= 0.6 is 0 Å². The van der Waals surface area contributed by atoms with Gasteiger partial charge in [0.1, 0.15) is 0 Å². The van der Waals surface area contributed by atoms with Gasteiger partial charge in [-0.3, -0.25) is 0 Å². The van der Waals surface area contributed by atoms with Gasteiger partial charge in [-0.25, -0.2) is 0 Å². The van der Waals surface area contributed by atoms with Gasteiger partial charge >= 0.3 is 0 Å². The van der Waals surface area contributed by atoms with Crippen LogP contribution in [0.25, 0.3) is 11.1 Å². The molecule has 0 aliphatic carbocycles. The van der Waals surface area contributed by atoms with E-state index < -0.39 is 0 Å². The van der Waals surface area contributed by atoms with Crippen LogP contribution in [0.15, 0.2) is 61.2 Å². The predicted molar refractivity (Wildman–Crippen MR) is 85.8 cm³/mol. The normalized spacial score (nSPS) is 12.1. The minimum atomic E-state index is -0.230. The van der Waals surface area contributed by atoms with E-state index in [1.54, 1.807) is 0 Å². The van der Waals surface area contributed by atoms with Crippen molar-refractivity contribution in [2.24, 2.45) is 0 Å². The summed E-state index contributed by atoms with van der Waals surface area (Å²) >= 11 is 0. The Balaban J connectivity index is 2.07. The Hall–Kier alpha value is -1.86. The van der Waals surface area contributed by atoms with E-state index in [1.807, 2.05) is 13.0 Å². The summed E-state index contributed by atoms with van der Waals surface area (Å²) in [6.07, 6.45) is 4.35. The van der Waals surface area contributed by atoms with Crippen molar-refractivity contribution in [3.05, 3.63) is 72.3 Å². The molecule has 20 heavy (non-hydrogen) atoms. The van der Waals surface area contributed by atoms with E-state index in [0.29, 0.717) is 0 Å². The summed E-state index contributed by atoms with van der Waals surface area (Å²) in [7, 11) is 0. The fraction of sp³-hybridized carbons (Fsp3) is 0.263. The maximum Gasteiger partial charge on any atom is 0.0515 e. The largest absolute Gasteiger partial charge is 0.393 e. The van der Waals surface area contributed by atoms with Crippen LogP contribution in [0.3, 0.4) is 0 Å². The Morgan fingerprint density at radius 3 is 1.90 bits per heavy atom. The van der Waals surface area contributed by atoms with Gasteiger partial charge < -0.3 is 5.11 Å². The molecule has 0 aliphatic heterocycles. The first-order valence-electron chi connectivity index (χ1n) is 7.16. The maximum absolute atomic E-state index is 9.31. The van der Waals surface area contributed by atoms with Crippen molar-refractivity contribution < 1.29 is 5.11 Å². The van der Waals surface area contributed by atoms with Crippen LogP contribution in [0.5, 0.6) is 0 Å². The lowest BCUT2D eigenvalue weighted by molar-refractivity contribution is 0.185. The molecule has 0 saturated heterocycles.